The first-order chi connectivity index (χ1) is 15.8. The summed E-state index contributed by atoms with van der Waals surface area (Å²) in [5.74, 6) is 0.217. The summed E-state index contributed by atoms with van der Waals surface area (Å²) in [6, 6.07) is 17.3. The first-order valence-electron chi connectivity index (χ1n) is 10.4. The van der Waals surface area contributed by atoms with Crippen molar-refractivity contribution >= 4 is 21.6 Å². The van der Waals surface area contributed by atoms with Crippen LogP contribution in [0, 0.1) is 19.7 Å². The molecule has 3 aromatic carbocycles. The van der Waals surface area contributed by atoms with Gasteiger partial charge in [-0.25, -0.2) is 17.8 Å². The van der Waals surface area contributed by atoms with Gasteiger partial charge in [-0.2, -0.15) is 4.31 Å². The van der Waals surface area contributed by atoms with Gasteiger partial charge in [-0.15, -0.1) is 0 Å². The minimum Gasteiger partial charge on any atom is -0.299 e. The molecule has 1 atom stereocenters. The van der Waals surface area contributed by atoms with Crippen molar-refractivity contribution in [1.82, 2.24) is 13.9 Å². The van der Waals surface area contributed by atoms with Crippen molar-refractivity contribution < 1.29 is 12.8 Å². The largest absolute Gasteiger partial charge is 0.299 e. The van der Waals surface area contributed by atoms with E-state index < -0.39 is 21.9 Å². The van der Waals surface area contributed by atoms with Crippen LogP contribution in [0.3, 0.4) is 0 Å². The molecule has 4 aromatic rings. The molecule has 0 fully saturated rings. The standard InChI is InChI=1S/C25H21ClFN3O2S/c1-16-7-10-20(11-8-16)33(31,32)29-15-19-14-28-17(2)30(19)24-12-9-18(26)13-22(24)25(29)21-5-3-4-6-23(21)27/h3-14,25H,15H2,1-2H3. The van der Waals surface area contributed by atoms with Crippen molar-refractivity contribution in [3.05, 3.63) is 112 Å². The Morgan fingerprint density at radius 1 is 1.00 bits per heavy atom. The summed E-state index contributed by atoms with van der Waals surface area (Å²) >= 11 is 6.37. The van der Waals surface area contributed by atoms with Gasteiger partial charge in [0.05, 0.1) is 35.1 Å². The third-order valence-electron chi connectivity index (χ3n) is 5.97. The highest BCUT2D eigenvalue weighted by atomic mass is 35.5. The number of nitrogens with zero attached hydrogens (tertiary/aromatic N) is 3. The summed E-state index contributed by atoms with van der Waals surface area (Å²) in [5.41, 5.74) is 3.20. The van der Waals surface area contributed by atoms with Gasteiger partial charge in [0, 0.05) is 16.1 Å². The number of aromatic nitrogens is 2. The molecule has 0 bridgehead atoms. The molecule has 1 aliphatic heterocycles. The molecule has 0 spiro atoms. The van der Waals surface area contributed by atoms with E-state index in [4.69, 9.17) is 11.6 Å². The predicted molar refractivity (Wildman–Crippen MR) is 125 cm³/mol. The normalized spacial score (nSPS) is 16.2. The van der Waals surface area contributed by atoms with E-state index in [0.29, 0.717) is 22.1 Å². The monoisotopic (exact) mass is 481 g/mol. The number of hydrogen-bond acceptors (Lipinski definition) is 3. The number of benzene rings is 3. The van der Waals surface area contributed by atoms with Crippen LogP contribution in [0.25, 0.3) is 5.69 Å². The molecule has 0 amide bonds. The van der Waals surface area contributed by atoms with Crippen molar-refractivity contribution in [1.29, 1.82) is 0 Å². The van der Waals surface area contributed by atoms with Gasteiger partial charge in [-0.05, 0) is 50.2 Å². The number of rotatable bonds is 3. The van der Waals surface area contributed by atoms with Gasteiger partial charge >= 0.3 is 0 Å². The lowest BCUT2D eigenvalue weighted by molar-refractivity contribution is 0.348. The van der Waals surface area contributed by atoms with Crippen LogP contribution in [-0.2, 0) is 16.6 Å². The van der Waals surface area contributed by atoms with Crippen LogP contribution in [0.2, 0.25) is 5.02 Å². The third kappa shape index (κ3) is 3.66. The molecule has 8 heteroatoms. The summed E-state index contributed by atoms with van der Waals surface area (Å²) in [7, 11) is -4.02. The molecule has 0 aliphatic carbocycles. The summed E-state index contributed by atoms with van der Waals surface area (Å²) in [5, 5.41) is 0.434. The van der Waals surface area contributed by atoms with Crippen molar-refractivity contribution in [2.75, 3.05) is 0 Å². The van der Waals surface area contributed by atoms with Gasteiger partial charge in [-0.3, -0.25) is 4.57 Å². The molecule has 1 aliphatic rings. The maximum absolute atomic E-state index is 15.2. The molecular formula is C25H21ClFN3O2S. The zero-order valence-electron chi connectivity index (χ0n) is 18.0. The van der Waals surface area contributed by atoms with E-state index in [2.05, 4.69) is 4.98 Å². The van der Waals surface area contributed by atoms with Crippen LogP contribution >= 0.6 is 11.6 Å². The fourth-order valence-corrected chi connectivity index (χ4v) is 6.11. The van der Waals surface area contributed by atoms with Gasteiger partial charge in [0.1, 0.15) is 11.6 Å². The Kier molecular flexibility index (Phi) is 5.35. The highest BCUT2D eigenvalue weighted by Gasteiger charge is 2.39. The van der Waals surface area contributed by atoms with Crippen molar-refractivity contribution in [3.63, 3.8) is 0 Å². The lowest BCUT2D eigenvalue weighted by atomic mass is 9.96. The molecule has 0 saturated heterocycles. The first kappa shape index (κ1) is 21.8. The van der Waals surface area contributed by atoms with Crippen LogP contribution in [0.4, 0.5) is 4.39 Å². The van der Waals surface area contributed by atoms with E-state index >= 15 is 4.39 Å². The number of halogens is 2. The van der Waals surface area contributed by atoms with E-state index in [0.717, 1.165) is 11.3 Å². The van der Waals surface area contributed by atoms with Crippen molar-refractivity contribution in [2.45, 2.75) is 31.3 Å². The van der Waals surface area contributed by atoms with Crippen LogP contribution in [-0.4, -0.2) is 22.3 Å². The molecule has 5 nitrogen and oxygen atoms in total. The average molecular weight is 482 g/mol. The maximum Gasteiger partial charge on any atom is 0.244 e. The van der Waals surface area contributed by atoms with Gasteiger partial charge in [0.25, 0.3) is 0 Å². The Morgan fingerprint density at radius 3 is 2.45 bits per heavy atom. The summed E-state index contributed by atoms with van der Waals surface area (Å²) in [6.45, 7) is 3.76. The van der Waals surface area contributed by atoms with Gasteiger partial charge < -0.3 is 0 Å². The molecule has 5 rings (SSSR count). The Balaban J connectivity index is 1.84. The van der Waals surface area contributed by atoms with Crippen LogP contribution in [0.5, 0.6) is 0 Å². The minimum atomic E-state index is -4.02. The third-order valence-corrected chi connectivity index (χ3v) is 8.03. The highest BCUT2D eigenvalue weighted by molar-refractivity contribution is 7.89. The highest BCUT2D eigenvalue weighted by Crippen LogP contribution is 2.42. The van der Waals surface area contributed by atoms with Gasteiger partial charge in [0.15, 0.2) is 0 Å². The minimum absolute atomic E-state index is 0.0162. The fourth-order valence-electron chi connectivity index (χ4n) is 4.37. The summed E-state index contributed by atoms with van der Waals surface area (Å²) in [6.07, 6.45) is 1.66. The molecule has 0 saturated carbocycles. The number of sulfonamides is 1. The molecule has 168 valence electrons. The number of fused-ring (bicyclic) bond motifs is 3. The molecule has 33 heavy (non-hydrogen) atoms. The summed E-state index contributed by atoms with van der Waals surface area (Å²) in [4.78, 5) is 4.55. The van der Waals surface area contributed by atoms with Crippen LogP contribution in [0.1, 0.15) is 34.3 Å². The van der Waals surface area contributed by atoms with Crippen LogP contribution < -0.4 is 0 Å². The quantitative estimate of drug-likeness (QED) is 0.384. The molecular weight excluding hydrogens is 461 g/mol. The number of hydrogen-bond donors (Lipinski definition) is 0. The first-order valence-corrected chi connectivity index (χ1v) is 12.2. The molecule has 0 N–H and O–H groups in total. The van der Waals surface area contributed by atoms with E-state index in [-0.39, 0.29) is 17.0 Å². The van der Waals surface area contributed by atoms with E-state index in [1.807, 2.05) is 24.5 Å². The zero-order chi connectivity index (χ0) is 23.3. The average Bonchev–Trinajstić information content (AvgIpc) is 3.07. The predicted octanol–water partition coefficient (Wildman–Crippen LogP) is 5.58. The second-order valence-corrected chi connectivity index (χ2v) is 10.4. The Hall–Kier alpha value is -3.00. The van der Waals surface area contributed by atoms with E-state index in [9.17, 15) is 8.42 Å². The second-order valence-electron chi connectivity index (χ2n) is 8.12. The Bertz CT molecular complexity index is 1470. The fraction of sp³-hybridized carbons (Fsp3) is 0.160. The lowest BCUT2D eigenvalue weighted by Gasteiger charge is -2.30. The molecule has 1 unspecified atom stereocenters. The van der Waals surface area contributed by atoms with Crippen LogP contribution in [0.15, 0.2) is 77.8 Å². The Morgan fingerprint density at radius 2 is 1.73 bits per heavy atom. The molecule has 0 radical (unpaired) electrons. The maximum atomic E-state index is 15.2. The topological polar surface area (TPSA) is 55.2 Å². The van der Waals surface area contributed by atoms with Crippen molar-refractivity contribution in [3.8, 4) is 5.69 Å². The number of aryl methyl sites for hydroxylation is 2. The smallest absolute Gasteiger partial charge is 0.244 e. The SMILES string of the molecule is Cc1ccc(S(=O)(=O)N2Cc3cnc(C)n3-c3ccc(Cl)cc3C2c2ccccc2F)cc1. The van der Waals surface area contributed by atoms with Gasteiger partial charge in [-0.1, -0.05) is 47.5 Å². The molecule has 1 aromatic heterocycles. The summed E-state index contributed by atoms with van der Waals surface area (Å²) < 4.78 is 46.4. The van der Waals surface area contributed by atoms with Gasteiger partial charge in [0.2, 0.25) is 10.0 Å². The molecule has 2 heterocycles. The van der Waals surface area contributed by atoms with E-state index in [1.165, 1.54) is 10.4 Å². The lowest BCUT2D eigenvalue weighted by Crippen LogP contribution is -2.35. The second kappa shape index (κ2) is 8.09. The van der Waals surface area contributed by atoms with E-state index in [1.54, 1.807) is 60.8 Å². The zero-order valence-corrected chi connectivity index (χ0v) is 19.6. The van der Waals surface area contributed by atoms with Crippen molar-refractivity contribution in [2.24, 2.45) is 0 Å². The Labute approximate surface area is 197 Å². The number of imidazole rings is 1.